The van der Waals surface area contributed by atoms with Crippen LogP contribution < -0.4 is 5.73 Å². The fraction of sp³-hybridized carbons (Fsp3) is 0.385. The van der Waals surface area contributed by atoms with Gasteiger partial charge in [0.15, 0.2) is 4.08 Å². The number of carbonyl (C=O) groups is 1. The van der Waals surface area contributed by atoms with Crippen molar-refractivity contribution in [3.8, 4) is 6.07 Å². The minimum atomic E-state index is -0.773. The van der Waals surface area contributed by atoms with Gasteiger partial charge in [0.1, 0.15) is 0 Å². The van der Waals surface area contributed by atoms with Crippen molar-refractivity contribution in [2.75, 3.05) is 5.75 Å². The van der Waals surface area contributed by atoms with E-state index in [1.807, 2.05) is 30.3 Å². The summed E-state index contributed by atoms with van der Waals surface area (Å²) in [6.45, 7) is 0. The quantitative estimate of drug-likeness (QED) is 0.918. The van der Waals surface area contributed by atoms with E-state index in [0.29, 0.717) is 5.75 Å². The molecule has 1 aromatic carbocycles. The molecule has 2 N–H and O–H groups in total. The predicted molar refractivity (Wildman–Crippen MR) is 75.8 cm³/mol. The summed E-state index contributed by atoms with van der Waals surface area (Å²) in [5, 5.41) is 9.16. The van der Waals surface area contributed by atoms with E-state index in [9.17, 15) is 4.79 Å². The first-order valence-electron chi connectivity index (χ1n) is 5.70. The van der Waals surface area contributed by atoms with Crippen molar-refractivity contribution in [2.24, 2.45) is 11.7 Å². The molecule has 94 valence electrons. The Hall–Kier alpha value is -1.12. The zero-order valence-corrected chi connectivity index (χ0v) is 11.5. The Morgan fingerprint density at radius 3 is 2.89 bits per heavy atom. The van der Waals surface area contributed by atoms with Crippen LogP contribution in [0.25, 0.3) is 0 Å². The van der Waals surface area contributed by atoms with E-state index >= 15 is 0 Å². The predicted octanol–water partition coefficient (Wildman–Crippen LogP) is 2.38. The summed E-state index contributed by atoms with van der Waals surface area (Å²) in [6, 6.07) is 12.2. The first-order chi connectivity index (χ1) is 8.69. The lowest BCUT2D eigenvalue weighted by Crippen LogP contribution is -2.41. The highest BCUT2D eigenvalue weighted by atomic mass is 32.2. The highest BCUT2D eigenvalue weighted by Gasteiger charge is 2.49. The normalized spacial score (nSPS) is 26.7. The van der Waals surface area contributed by atoms with Crippen LogP contribution in [-0.4, -0.2) is 15.7 Å². The number of rotatable bonds is 4. The molecule has 1 aliphatic rings. The van der Waals surface area contributed by atoms with Crippen LogP contribution in [-0.2, 0) is 10.5 Å². The first kappa shape index (κ1) is 13.3. The number of hydrogen-bond donors (Lipinski definition) is 1. The number of nitrogens with two attached hydrogens (primary N) is 1. The number of nitrogens with zero attached hydrogens (tertiary/aromatic N) is 1. The second kappa shape index (κ2) is 5.68. The molecule has 0 aliphatic carbocycles. The number of hydrogen-bond acceptors (Lipinski definition) is 4. The van der Waals surface area contributed by atoms with Crippen LogP contribution in [0.15, 0.2) is 30.3 Å². The maximum Gasteiger partial charge on any atom is 0.245 e. The fourth-order valence-electron chi connectivity index (χ4n) is 1.99. The minimum Gasteiger partial charge on any atom is -0.368 e. The van der Waals surface area contributed by atoms with Crippen molar-refractivity contribution in [1.82, 2.24) is 0 Å². The summed E-state index contributed by atoms with van der Waals surface area (Å²) >= 11 is 3.01. The standard InChI is InChI=1S/C13H14N2OS2/c14-8-11-6-7-17-13(11,12(15)16)18-9-10-4-2-1-3-5-10/h1-5,11H,6-7,9H2,(H2,15,16). The van der Waals surface area contributed by atoms with Crippen LogP contribution in [0.3, 0.4) is 0 Å². The summed E-state index contributed by atoms with van der Waals surface area (Å²) in [5.74, 6) is 0.865. The molecule has 0 spiro atoms. The van der Waals surface area contributed by atoms with Crippen LogP contribution in [0.2, 0.25) is 0 Å². The fourth-order valence-corrected chi connectivity index (χ4v) is 5.01. The molecule has 1 aliphatic heterocycles. The molecule has 2 rings (SSSR count). The van der Waals surface area contributed by atoms with Crippen LogP contribution in [0.4, 0.5) is 0 Å². The third-order valence-corrected chi connectivity index (χ3v) is 6.43. The van der Waals surface area contributed by atoms with Crippen molar-refractivity contribution >= 4 is 29.4 Å². The maximum atomic E-state index is 11.7. The van der Waals surface area contributed by atoms with Gasteiger partial charge in [-0.1, -0.05) is 30.3 Å². The number of carbonyl (C=O) groups excluding carboxylic acids is 1. The Kier molecular flexibility index (Phi) is 4.20. The highest BCUT2D eigenvalue weighted by Crippen LogP contribution is 2.51. The summed E-state index contributed by atoms with van der Waals surface area (Å²) < 4.78 is -0.773. The minimum absolute atomic E-state index is 0.284. The molecule has 0 radical (unpaired) electrons. The van der Waals surface area contributed by atoms with Crippen molar-refractivity contribution < 1.29 is 4.79 Å². The second-order valence-electron chi connectivity index (χ2n) is 4.12. The van der Waals surface area contributed by atoms with Gasteiger partial charge >= 0.3 is 0 Å². The molecule has 18 heavy (non-hydrogen) atoms. The maximum absolute atomic E-state index is 11.7. The lowest BCUT2D eigenvalue weighted by molar-refractivity contribution is -0.118. The average Bonchev–Trinajstić information content (AvgIpc) is 2.82. The highest BCUT2D eigenvalue weighted by molar-refractivity contribution is 8.19. The largest absolute Gasteiger partial charge is 0.368 e. The van der Waals surface area contributed by atoms with Crippen LogP contribution in [0.5, 0.6) is 0 Å². The third kappa shape index (κ3) is 2.50. The molecule has 1 heterocycles. The van der Waals surface area contributed by atoms with Gasteiger partial charge in [-0.05, 0) is 17.7 Å². The Morgan fingerprint density at radius 2 is 2.28 bits per heavy atom. The Bertz CT molecular complexity index is 472. The van der Waals surface area contributed by atoms with Gasteiger partial charge in [-0.3, -0.25) is 4.79 Å². The molecule has 0 aromatic heterocycles. The van der Waals surface area contributed by atoms with E-state index in [-0.39, 0.29) is 11.8 Å². The molecular formula is C13H14N2OS2. The van der Waals surface area contributed by atoms with E-state index in [1.54, 1.807) is 0 Å². The van der Waals surface area contributed by atoms with Crippen molar-refractivity contribution in [1.29, 1.82) is 5.26 Å². The molecule has 1 aromatic rings. The number of primary amides is 1. The van der Waals surface area contributed by atoms with Gasteiger partial charge in [0, 0.05) is 5.75 Å². The third-order valence-electron chi connectivity index (χ3n) is 2.98. The zero-order valence-electron chi connectivity index (χ0n) is 9.83. The van der Waals surface area contributed by atoms with Gasteiger partial charge < -0.3 is 5.73 Å². The monoisotopic (exact) mass is 278 g/mol. The summed E-state index contributed by atoms with van der Waals surface area (Å²) in [5.41, 5.74) is 6.68. The van der Waals surface area contributed by atoms with Crippen LogP contribution in [0, 0.1) is 17.2 Å². The van der Waals surface area contributed by atoms with Gasteiger partial charge in [-0.2, -0.15) is 5.26 Å². The van der Waals surface area contributed by atoms with Crippen LogP contribution >= 0.6 is 23.5 Å². The first-order valence-corrected chi connectivity index (χ1v) is 7.67. The lowest BCUT2D eigenvalue weighted by Gasteiger charge is -2.26. The molecule has 2 unspecified atom stereocenters. The average molecular weight is 278 g/mol. The molecule has 1 amide bonds. The lowest BCUT2D eigenvalue weighted by atomic mass is 10.0. The molecule has 2 atom stereocenters. The van der Waals surface area contributed by atoms with E-state index in [0.717, 1.165) is 17.7 Å². The Morgan fingerprint density at radius 1 is 1.56 bits per heavy atom. The van der Waals surface area contributed by atoms with Crippen LogP contribution in [0.1, 0.15) is 12.0 Å². The van der Waals surface area contributed by atoms with E-state index in [2.05, 4.69) is 6.07 Å². The molecule has 5 heteroatoms. The molecule has 1 fully saturated rings. The smallest absolute Gasteiger partial charge is 0.245 e. The van der Waals surface area contributed by atoms with Crippen molar-refractivity contribution in [2.45, 2.75) is 16.3 Å². The number of amides is 1. The van der Waals surface area contributed by atoms with E-state index in [4.69, 9.17) is 11.0 Å². The Balaban J connectivity index is 2.13. The van der Waals surface area contributed by atoms with E-state index < -0.39 is 4.08 Å². The summed E-state index contributed by atoms with van der Waals surface area (Å²) in [6.07, 6.45) is 0.742. The molecule has 0 bridgehead atoms. The zero-order chi connectivity index (χ0) is 13.0. The SMILES string of the molecule is N#CC1CCSC1(SCc1ccccc1)C(N)=O. The number of benzene rings is 1. The van der Waals surface area contributed by atoms with Crippen molar-refractivity contribution in [3.05, 3.63) is 35.9 Å². The molecule has 0 saturated carbocycles. The molecular weight excluding hydrogens is 264 g/mol. The summed E-state index contributed by atoms with van der Waals surface area (Å²) in [7, 11) is 0. The number of nitriles is 1. The Labute approximate surface area is 115 Å². The van der Waals surface area contributed by atoms with Gasteiger partial charge in [-0.25, -0.2) is 0 Å². The summed E-state index contributed by atoms with van der Waals surface area (Å²) in [4.78, 5) is 11.7. The molecule has 1 saturated heterocycles. The van der Waals surface area contributed by atoms with Gasteiger partial charge in [-0.15, -0.1) is 23.5 Å². The van der Waals surface area contributed by atoms with Gasteiger partial charge in [0.05, 0.1) is 12.0 Å². The second-order valence-corrected chi connectivity index (χ2v) is 6.95. The van der Waals surface area contributed by atoms with Gasteiger partial charge in [0.2, 0.25) is 5.91 Å². The topological polar surface area (TPSA) is 66.9 Å². The van der Waals surface area contributed by atoms with Crippen molar-refractivity contribution in [3.63, 3.8) is 0 Å². The number of thioether (sulfide) groups is 2. The molecule has 3 nitrogen and oxygen atoms in total. The van der Waals surface area contributed by atoms with Gasteiger partial charge in [0.25, 0.3) is 0 Å². The van der Waals surface area contributed by atoms with E-state index in [1.165, 1.54) is 23.5 Å².